The maximum absolute atomic E-state index is 13.2. The molecular weight excluding hydrogens is 360 g/mol. The van der Waals surface area contributed by atoms with Crippen LogP contribution in [0, 0.1) is 13.8 Å². The smallest absolute Gasteiger partial charge is 0.197 e. The van der Waals surface area contributed by atoms with Crippen molar-refractivity contribution in [3.63, 3.8) is 0 Å². The van der Waals surface area contributed by atoms with Gasteiger partial charge in [-0.2, -0.15) is 0 Å². The van der Waals surface area contributed by atoms with E-state index in [1.54, 1.807) is 62.4 Å². The van der Waals surface area contributed by atoms with Crippen molar-refractivity contribution in [2.75, 3.05) is 7.11 Å². The number of aryl methyl sites for hydroxylation is 2. The van der Waals surface area contributed by atoms with Crippen molar-refractivity contribution in [1.82, 2.24) is 0 Å². The van der Waals surface area contributed by atoms with Crippen molar-refractivity contribution in [3.05, 3.63) is 70.8 Å². The van der Waals surface area contributed by atoms with Crippen molar-refractivity contribution >= 4 is 11.6 Å². The summed E-state index contributed by atoms with van der Waals surface area (Å²) in [7, 11) is 1.38. The van der Waals surface area contributed by atoms with Gasteiger partial charge in [0, 0.05) is 24.7 Å². The topological polar surface area (TPSA) is 93.1 Å². The minimum atomic E-state index is -2.09. The predicted octanol–water partition coefficient (Wildman–Crippen LogP) is 2.22. The Kier molecular flexibility index (Phi) is 5.76. The summed E-state index contributed by atoms with van der Waals surface area (Å²) < 4.78 is 10.7. The Morgan fingerprint density at radius 3 is 2.14 bits per heavy atom. The summed E-state index contributed by atoms with van der Waals surface area (Å²) >= 11 is 0. The molecule has 0 aromatic heterocycles. The molecule has 1 aliphatic rings. The van der Waals surface area contributed by atoms with Gasteiger partial charge in [0.25, 0.3) is 0 Å². The highest BCUT2D eigenvalue weighted by Gasteiger charge is 2.57. The van der Waals surface area contributed by atoms with Crippen LogP contribution < -0.4 is 0 Å². The molecule has 1 saturated heterocycles. The van der Waals surface area contributed by atoms with Crippen LogP contribution in [0.4, 0.5) is 0 Å². The molecule has 0 radical (unpaired) electrons. The molecule has 2 aromatic rings. The average molecular weight is 384 g/mol. The molecule has 148 valence electrons. The van der Waals surface area contributed by atoms with Crippen LogP contribution in [0.3, 0.4) is 0 Å². The third-order valence-corrected chi connectivity index (χ3v) is 5.26. The highest BCUT2D eigenvalue weighted by Crippen LogP contribution is 2.37. The molecule has 6 nitrogen and oxygen atoms in total. The molecule has 0 saturated carbocycles. The lowest BCUT2D eigenvalue weighted by molar-refractivity contribution is -0.143. The highest BCUT2D eigenvalue weighted by molar-refractivity contribution is 6.06. The van der Waals surface area contributed by atoms with Crippen LogP contribution in [-0.4, -0.2) is 53.0 Å². The summed E-state index contributed by atoms with van der Waals surface area (Å²) in [6, 6.07) is 13.6. The summed E-state index contributed by atoms with van der Waals surface area (Å²) in [5, 5.41) is 22.0. The Morgan fingerprint density at radius 1 is 1.07 bits per heavy atom. The second-order valence-corrected chi connectivity index (χ2v) is 7.12. The van der Waals surface area contributed by atoms with Gasteiger partial charge in [-0.1, -0.05) is 48.5 Å². The van der Waals surface area contributed by atoms with E-state index in [1.165, 1.54) is 7.11 Å². The van der Waals surface area contributed by atoms with Crippen molar-refractivity contribution < 1.29 is 29.3 Å². The number of aliphatic hydroxyl groups excluding tert-OH is 1. The number of ether oxygens (including phenoxy) is 2. The number of hydrogen-bond donors (Lipinski definition) is 2. The zero-order valence-corrected chi connectivity index (χ0v) is 16.1. The molecule has 6 heteroatoms. The number of aliphatic hydroxyl groups is 2. The third kappa shape index (κ3) is 3.52. The van der Waals surface area contributed by atoms with E-state index in [-0.39, 0.29) is 6.42 Å². The highest BCUT2D eigenvalue weighted by atomic mass is 16.7. The number of ketones is 2. The van der Waals surface area contributed by atoms with Crippen molar-refractivity contribution in [1.29, 1.82) is 0 Å². The van der Waals surface area contributed by atoms with Gasteiger partial charge in [0.05, 0.1) is 0 Å². The second-order valence-electron chi connectivity index (χ2n) is 7.12. The van der Waals surface area contributed by atoms with E-state index in [0.717, 1.165) is 0 Å². The maximum Gasteiger partial charge on any atom is 0.197 e. The van der Waals surface area contributed by atoms with E-state index in [4.69, 9.17) is 9.47 Å². The van der Waals surface area contributed by atoms with E-state index in [1.807, 2.05) is 0 Å². The van der Waals surface area contributed by atoms with E-state index < -0.39 is 35.7 Å². The molecular formula is C22H24O6. The minimum absolute atomic E-state index is 0.181. The van der Waals surface area contributed by atoms with E-state index >= 15 is 0 Å². The van der Waals surface area contributed by atoms with Gasteiger partial charge in [-0.25, -0.2) is 0 Å². The summed E-state index contributed by atoms with van der Waals surface area (Å²) in [6.45, 7) is 3.50. The van der Waals surface area contributed by atoms with Crippen molar-refractivity contribution in [2.45, 2.75) is 44.4 Å². The van der Waals surface area contributed by atoms with Crippen LogP contribution in [0.2, 0.25) is 0 Å². The fourth-order valence-electron chi connectivity index (χ4n) is 3.60. The maximum atomic E-state index is 13.2. The minimum Gasteiger partial charge on any atom is -0.382 e. The van der Waals surface area contributed by atoms with Crippen molar-refractivity contribution in [3.8, 4) is 0 Å². The number of carbonyl (C=O) groups excluding carboxylic acids is 2. The molecule has 28 heavy (non-hydrogen) atoms. The molecule has 2 N–H and O–H groups in total. The zero-order valence-electron chi connectivity index (χ0n) is 16.1. The van der Waals surface area contributed by atoms with E-state index in [0.29, 0.717) is 22.3 Å². The van der Waals surface area contributed by atoms with Gasteiger partial charge in [-0.05, 0) is 25.0 Å². The number of hydrogen-bond acceptors (Lipinski definition) is 6. The second kappa shape index (κ2) is 7.93. The van der Waals surface area contributed by atoms with Gasteiger partial charge < -0.3 is 19.7 Å². The van der Waals surface area contributed by atoms with Crippen LogP contribution in [0.25, 0.3) is 0 Å². The van der Waals surface area contributed by atoms with Crippen LogP contribution in [0.15, 0.2) is 48.5 Å². The predicted molar refractivity (Wildman–Crippen MR) is 102 cm³/mol. The Bertz CT molecular complexity index is 892. The normalized spacial score (nSPS) is 25.5. The first-order valence-electron chi connectivity index (χ1n) is 9.08. The SMILES string of the molecule is CO[C@H]1C[C@](O)(C(=O)c2ccccc2C)[C@H](C(O)C(=O)c2ccccc2C)O1. The summed E-state index contributed by atoms with van der Waals surface area (Å²) in [4.78, 5) is 26.1. The summed E-state index contributed by atoms with van der Waals surface area (Å²) in [5.41, 5.74) is -0.109. The first-order valence-corrected chi connectivity index (χ1v) is 9.08. The van der Waals surface area contributed by atoms with Crippen LogP contribution in [-0.2, 0) is 9.47 Å². The molecule has 1 aliphatic heterocycles. The molecule has 0 aliphatic carbocycles. The molecule has 1 unspecified atom stereocenters. The lowest BCUT2D eigenvalue weighted by Gasteiger charge is -2.30. The quantitative estimate of drug-likeness (QED) is 0.742. The Balaban J connectivity index is 1.98. The van der Waals surface area contributed by atoms with E-state index in [2.05, 4.69) is 0 Å². The standard InChI is InChI=1S/C22H24O6/c1-13-8-4-6-10-15(13)18(23)19(24)21-22(26,12-17(27-3)28-21)20(25)16-11-7-5-9-14(16)2/h4-11,17,19,21,24,26H,12H2,1-3H3/t17-,19?,21+,22+/m1/s1. The van der Waals surface area contributed by atoms with Crippen LogP contribution in [0.1, 0.15) is 38.3 Å². The van der Waals surface area contributed by atoms with Gasteiger partial charge in [0.15, 0.2) is 23.5 Å². The average Bonchev–Trinajstić information content (AvgIpc) is 3.05. The molecule has 1 fully saturated rings. The lowest BCUT2D eigenvalue weighted by Crippen LogP contribution is -2.54. The van der Waals surface area contributed by atoms with Crippen molar-refractivity contribution in [2.24, 2.45) is 0 Å². The number of Topliss-reactive ketones (excluding diaryl/α,β-unsaturated/α-hetero) is 2. The molecule has 0 bridgehead atoms. The van der Waals surface area contributed by atoms with Gasteiger partial charge in [0.2, 0.25) is 0 Å². The largest absolute Gasteiger partial charge is 0.382 e. The summed E-state index contributed by atoms with van der Waals surface area (Å²) in [6.07, 6.45) is -4.27. The van der Waals surface area contributed by atoms with Gasteiger partial charge in [0.1, 0.15) is 12.2 Å². The molecule has 4 atom stereocenters. The van der Waals surface area contributed by atoms with Gasteiger partial charge in [-0.3, -0.25) is 9.59 Å². The van der Waals surface area contributed by atoms with E-state index in [9.17, 15) is 19.8 Å². The first-order chi connectivity index (χ1) is 13.3. The third-order valence-electron chi connectivity index (χ3n) is 5.26. The number of benzene rings is 2. The molecule has 3 rings (SSSR count). The Morgan fingerprint density at radius 2 is 1.61 bits per heavy atom. The Hall–Kier alpha value is -2.38. The van der Waals surface area contributed by atoms with Gasteiger partial charge >= 0.3 is 0 Å². The number of carbonyl (C=O) groups is 2. The molecule has 0 spiro atoms. The first kappa shape index (κ1) is 20.4. The fourth-order valence-corrected chi connectivity index (χ4v) is 3.60. The number of rotatable bonds is 6. The number of methoxy groups -OCH3 is 1. The summed E-state index contributed by atoms with van der Waals surface area (Å²) in [5.74, 6) is -1.22. The molecule has 2 aromatic carbocycles. The van der Waals surface area contributed by atoms with Crippen LogP contribution in [0.5, 0.6) is 0 Å². The molecule has 0 amide bonds. The zero-order chi connectivity index (χ0) is 20.5. The van der Waals surface area contributed by atoms with Crippen LogP contribution >= 0.6 is 0 Å². The van der Waals surface area contributed by atoms with Gasteiger partial charge in [-0.15, -0.1) is 0 Å². The fraction of sp³-hybridized carbons (Fsp3) is 0.364. The monoisotopic (exact) mass is 384 g/mol. The lowest BCUT2D eigenvalue weighted by atomic mass is 9.81. The Labute approximate surface area is 163 Å². The molecule has 1 heterocycles.